The molecular weight excluding hydrogens is 485 g/mol. The zero-order valence-corrected chi connectivity index (χ0v) is 23.8. The summed E-state index contributed by atoms with van der Waals surface area (Å²) in [6.07, 6.45) is -1.05. The minimum absolute atomic E-state index is 0.154. The third kappa shape index (κ3) is 7.26. The first-order chi connectivity index (χ1) is 17.3. The van der Waals surface area contributed by atoms with Gasteiger partial charge in [0.2, 0.25) is 0 Å². The van der Waals surface area contributed by atoms with E-state index in [9.17, 15) is 13.7 Å². The number of rotatable bonds is 9. The summed E-state index contributed by atoms with van der Waals surface area (Å²) < 4.78 is 31.8. The average molecular weight is 526 g/mol. The minimum atomic E-state index is -3.28. The van der Waals surface area contributed by atoms with Gasteiger partial charge in [-0.15, -0.1) is 0 Å². The average Bonchev–Trinajstić information content (AvgIpc) is 2.80. The highest BCUT2D eigenvalue weighted by atomic mass is 32.2. The van der Waals surface area contributed by atoms with Crippen molar-refractivity contribution >= 4 is 9.92 Å². The van der Waals surface area contributed by atoms with Crippen molar-refractivity contribution in [2.75, 3.05) is 14.1 Å². The number of aliphatic hydroxyl groups excluding tert-OH is 1. The summed E-state index contributed by atoms with van der Waals surface area (Å²) >= 11 is 0. The van der Waals surface area contributed by atoms with Gasteiger partial charge in [-0.25, -0.2) is 13.7 Å². The number of aryl methyl sites for hydroxylation is 1. The zero-order valence-electron chi connectivity index (χ0n) is 23.0. The molecule has 3 aromatic carbocycles. The summed E-state index contributed by atoms with van der Waals surface area (Å²) in [5.74, 6) is 0.0725. The molecule has 0 amide bonds. The van der Waals surface area contributed by atoms with Crippen LogP contribution in [0.5, 0.6) is 0 Å². The maximum atomic E-state index is 14.3. The van der Waals surface area contributed by atoms with Crippen LogP contribution in [-0.2, 0) is 22.9 Å². The van der Waals surface area contributed by atoms with Gasteiger partial charge in [0, 0.05) is 13.0 Å². The Kier molecular flexibility index (Phi) is 9.29. The van der Waals surface area contributed by atoms with Crippen molar-refractivity contribution in [2.24, 2.45) is 9.50 Å². The number of nitrogens with two attached hydrogens (primary N) is 1. The van der Waals surface area contributed by atoms with Crippen LogP contribution in [0.3, 0.4) is 0 Å². The molecule has 5 nitrogen and oxygen atoms in total. The van der Waals surface area contributed by atoms with E-state index in [-0.39, 0.29) is 24.1 Å². The van der Waals surface area contributed by atoms with Crippen molar-refractivity contribution in [2.45, 2.75) is 70.5 Å². The van der Waals surface area contributed by atoms with E-state index in [1.807, 2.05) is 37.2 Å². The first-order valence-electron chi connectivity index (χ1n) is 12.7. The fraction of sp³-hybridized carbons (Fsp3) is 0.400. The Hall–Kier alpha value is -2.58. The zero-order chi connectivity index (χ0) is 27.5. The molecule has 0 bridgehead atoms. The summed E-state index contributed by atoms with van der Waals surface area (Å²) in [4.78, 5) is 2.43. The molecule has 0 saturated carbocycles. The smallest absolute Gasteiger partial charge is 0.159 e. The topological polar surface area (TPSA) is 78.9 Å². The summed E-state index contributed by atoms with van der Waals surface area (Å²) in [5, 5.41) is 17.1. The van der Waals surface area contributed by atoms with Gasteiger partial charge in [-0.05, 0) is 90.0 Å². The predicted molar refractivity (Wildman–Crippen MR) is 151 cm³/mol. The Bertz CT molecular complexity index is 1330. The quantitative estimate of drug-likeness (QED) is 0.341. The summed E-state index contributed by atoms with van der Waals surface area (Å²) in [5.41, 5.74) is 6.49. The first kappa shape index (κ1) is 29.0. The van der Waals surface area contributed by atoms with Gasteiger partial charge in [0.15, 0.2) is 6.23 Å². The molecule has 2 unspecified atom stereocenters. The van der Waals surface area contributed by atoms with Crippen LogP contribution in [0.25, 0.3) is 11.1 Å². The third-order valence-electron chi connectivity index (χ3n) is 6.49. The molecule has 0 radical (unpaired) electrons. The van der Waals surface area contributed by atoms with Crippen molar-refractivity contribution in [1.29, 1.82) is 0 Å². The Morgan fingerprint density at radius 3 is 2.00 bits per heavy atom. The van der Waals surface area contributed by atoms with E-state index < -0.39 is 16.1 Å². The van der Waals surface area contributed by atoms with Crippen molar-refractivity contribution in [3.05, 3.63) is 88.2 Å². The van der Waals surface area contributed by atoms with Gasteiger partial charge < -0.3 is 10.0 Å². The highest BCUT2D eigenvalue weighted by Gasteiger charge is 2.20. The van der Waals surface area contributed by atoms with E-state index in [1.165, 1.54) is 0 Å². The van der Waals surface area contributed by atoms with E-state index in [0.29, 0.717) is 10.5 Å². The first-order valence-corrected chi connectivity index (χ1v) is 14.2. The van der Waals surface area contributed by atoms with Crippen molar-refractivity contribution in [1.82, 2.24) is 4.90 Å². The van der Waals surface area contributed by atoms with Crippen LogP contribution in [0.15, 0.2) is 63.9 Å². The highest BCUT2D eigenvalue weighted by Crippen LogP contribution is 2.35. The lowest BCUT2D eigenvalue weighted by atomic mass is 9.83. The second kappa shape index (κ2) is 11.9. The Balaban J connectivity index is 2.00. The molecule has 0 aromatic heterocycles. The van der Waals surface area contributed by atoms with E-state index in [2.05, 4.69) is 44.2 Å². The van der Waals surface area contributed by atoms with Gasteiger partial charge in [-0.3, -0.25) is 0 Å². The van der Waals surface area contributed by atoms with E-state index in [1.54, 1.807) is 31.2 Å². The molecule has 7 heteroatoms. The van der Waals surface area contributed by atoms with Gasteiger partial charge in [-0.1, -0.05) is 64.1 Å². The summed E-state index contributed by atoms with van der Waals surface area (Å²) in [6, 6.07) is 16.6. The van der Waals surface area contributed by atoms with Crippen LogP contribution < -0.4 is 5.14 Å². The standard InChI is InChI=1S/C30H40FN3O2S/c1-19(2)26-14-24(23-11-8-21(5)29(31)16-23)15-27(20(3)4)28(26)17-30(35)33-37(32,36)25-12-9-22(10-13-25)18-34(6)7/h8-16,19-20,30,35H,17-18H2,1-7H3,(H2,32,33,36). The number of hydrogen-bond donors (Lipinski definition) is 2. The van der Waals surface area contributed by atoms with Crippen LogP contribution in [0.1, 0.15) is 67.3 Å². The number of hydrogen-bond acceptors (Lipinski definition) is 4. The second-order valence-electron chi connectivity index (χ2n) is 10.6. The lowest BCUT2D eigenvalue weighted by molar-refractivity contribution is 0.186. The Morgan fingerprint density at radius 2 is 1.51 bits per heavy atom. The number of benzene rings is 3. The molecule has 0 aliphatic rings. The lowest BCUT2D eigenvalue weighted by Gasteiger charge is -2.23. The number of halogens is 1. The normalized spacial score (nSPS) is 14.3. The summed E-state index contributed by atoms with van der Waals surface area (Å²) in [6.45, 7) is 10.9. The molecule has 0 aliphatic heterocycles. The Labute approximate surface area is 221 Å². The number of nitrogens with zero attached hydrogens (tertiary/aromatic N) is 2. The van der Waals surface area contributed by atoms with Crippen LogP contribution in [0.4, 0.5) is 4.39 Å². The maximum absolute atomic E-state index is 14.3. The van der Waals surface area contributed by atoms with Crippen LogP contribution in [0.2, 0.25) is 0 Å². The van der Waals surface area contributed by atoms with Crippen molar-refractivity contribution in [3.63, 3.8) is 0 Å². The largest absolute Gasteiger partial charge is 0.371 e. The lowest BCUT2D eigenvalue weighted by Crippen LogP contribution is -2.20. The summed E-state index contributed by atoms with van der Waals surface area (Å²) in [7, 11) is 0.679. The van der Waals surface area contributed by atoms with Crippen LogP contribution in [0, 0.1) is 12.7 Å². The monoisotopic (exact) mass is 525 g/mol. The van der Waals surface area contributed by atoms with Gasteiger partial charge in [0.25, 0.3) is 0 Å². The van der Waals surface area contributed by atoms with Gasteiger partial charge in [0.05, 0.1) is 4.90 Å². The predicted octanol–water partition coefficient (Wildman–Crippen LogP) is 6.37. The van der Waals surface area contributed by atoms with Gasteiger partial charge in [-0.2, -0.15) is 4.36 Å². The molecule has 0 saturated heterocycles. The molecule has 3 aromatic rings. The molecular formula is C30H40FN3O2S. The van der Waals surface area contributed by atoms with Crippen LogP contribution >= 0.6 is 0 Å². The maximum Gasteiger partial charge on any atom is 0.159 e. The fourth-order valence-corrected chi connectivity index (χ4v) is 5.62. The number of aliphatic hydroxyl groups is 1. The molecule has 0 fully saturated rings. The van der Waals surface area contributed by atoms with Crippen molar-refractivity contribution < 1.29 is 13.7 Å². The molecule has 3 rings (SSSR count). The van der Waals surface area contributed by atoms with Crippen molar-refractivity contribution in [3.8, 4) is 11.1 Å². The van der Waals surface area contributed by atoms with Crippen LogP contribution in [-0.4, -0.2) is 34.5 Å². The van der Waals surface area contributed by atoms with E-state index in [0.717, 1.165) is 39.9 Å². The molecule has 0 aliphatic carbocycles. The third-order valence-corrected chi connectivity index (χ3v) is 8.00. The SMILES string of the molecule is Cc1ccc(-c2cc(C(C)C)c(CC(O)N=S(N)(=O)c3ccc(CN(C)C)cc3)c(C(C)C)c2)cc1F. The molecule has 3 N–H and O–H groups in total. The molecule has 37 heavy (non-hydrogen) atoms. The van der Waals surface area contributed by atoms with E-state index in [4.69, 9.17) is 5.14 Å². The molecule has 200 valence electrons. The second-order valence-corrected chi connectivity index (χ2v) is 12.5. The minimum Gasteiger partial charge on any atom is -0.371 e. The van der Waals surface area contributed by atoms with E-state index >= 15 is 0 Å². The molecule has 2 atom stereocenters. The Morgan fingerprint density at radius 1 is 0.946 bits per heavy atom. The highest BCUT2D eigenvalue weighted by molar-refractivity contribution is 7.91. The molecule has 0 heterocycles. The van der Waals surface area contributed by atoms with Gasteiger partial charge in [0.1, 0.15) is 15.7 Å². The van der Waals surface area contributed by atoms with Gasteiger partial charge >= 0.3 is 0 Å². The fourth-order valence-electron chi connectivity index (χ4n) is 4.54. The molecule has 0 spiro atoms.